The fourth-order valence-electron chi connectivity index (χ4n) is 2.11. The van der Waals surface area contributed by atoms with E-state index in [1.807, 2.05) is 22.8 Å². The van der Waals surface area contributed by atoms with Gasteiger partial charge in [0.25, 0.3) is 0 Å². The molecule has 100 valence electrons. The van der Waals surface area contributed by atoms with E-state index in [1.165, 1.54) is 17.7 Å². The summed E-state index contributed by atoms with van der Waals surface area (Å²) in [7, 11) is 0. The van der Waals surface area contributed by atoms with Crippen molar-refractivity contribution in [3.8, 4) is 0 Å². The summed E-state index contributed by atoms with van der Waals surface area (Å²) in [5, 5.41) is 8.13. The smallest absolute Gasteiger partial charge is 0.137 e. The van der Waals surface area contributed by atoms with Crippen molar-refractivity contribution in [2.45, 2.75) is 13.0 Å². The molecule has 0 fully saturated rings. The molecule has 0 spiro atoms. The van der Waals surface area contributed by atoms with Crippen LogP contribution in [0.4, 0.5) is 4.39 Å². The first-order chi connectivity index (χ1) is 9.81. The van der Waals surface area contributed by atoms with Crippen LogP contribution in [0, 0.1) is 5.82 Å². The standard InChI is InChI=1S/C16H14FN3/c17-15-8-6-14(7-9-15)11-20-12-18-19-16(20)10-13-4-2-1-3-5-13/h1-9,12H,10-11H2. The van der Waals surface area contributed by atoms with Gasteiger partial charge in [0, 0.05) is 6.42 Å². The summed E-state index contributed by atoms with van der Waals surface area (Å²) in [6.45, 7) is 0.648. The zero-order chi connectivity index (χ0) is 13.8. The van der Waals surface area contributed by atoms with Crippen molar-refractivity contribution in [2.75, 3.05) is 0 Å². The molecule has 0 bridgehead atoms. The van der Waals surface area contributed by atoms with Crippen LogP contribution in [-0.4, -0.2) is 14.8 Å². The lowest BCUT2D eigenvalue weighted by molar-refractivity contribution is 0.626. The van der Waals surface area contributed by atoms with E-state index in [0.29, 0.717) is 6.54 Å². The van der Waals surface area contributed by atoms with Gasteiger partial charge in [0.15, 0.2) is 0 Å². The Kier molecular flexibility index (Phi) is 3.54. The fraction of sp³-hybridized carbons (Fsp3) is 0.125. The number of nitrogens with zero attached hydrogens (tertiary/aromatic N) is 3. The van der Waals surface area contributed by atoms with Gasteiger partial charge in [0.05, 0.1) is 6.54 Å². The summed E-state index contributed by atoms with van der Waals surface area (Å²) in [4.78, 5) is 0. The molecule has 20 heavy (non-hydrogen) atoms. The minimum absolute atomic E-state index is 0.220. The van der Waals surface area contributed by atoms with Crippen LogP contribution in [0.2, 0.25) is 0 Å². The molecule has 0 saturated carbocycles. The molecule has 0 atom stereocenters. The van der Waals surface area contributed by atoms with Crippen LogP contribution in [0.1, 0.15) is 17.0 Å². The number of halogens is 1. The molecule has 0 aliphatic heterocycles. The van der Waals surface area contributed by atoms with E-state index >= 15 is 0 Å². The molecule has 3 rings (SSSR count). The van der Waals surface area contributed by atoms with Crippen molar-refractivity contribution in [3.05, 3.63) is 83.7 Å². The molecule has 1 aromatic heterocycles. The average Bonchev–Trinajstić information content (AvgIpc) is 2.90. The SMILES string of the molecule is Fc1ccc(Cn2cnnc2Cc2ccccc2)cc1. The third-order valence-electron chi connectivity index (χ3n) is 3.17. The number of rotatable bonds is 4. The zero-order valence-corrected chi connectivity index (χ0v) is 10.9. The van der Waals surface area contributed by atoms with E-state index in [9.17, 15) is 4.39 Å². The first-order valence-corrected chi connectivity index (χ1v) is 6.46. The Hall–Kier alpha value is -2.49. The van der Waals surface area contributed by atoms with E-state index in [-0.39, 0.29) is 5.82 Å². The molecule has 0 saturated heterocycles. The zero-order valence-electron chi connectivity index (χ0n) is 10.9. The minimum atomic E-state index is -0.220. The maximum Gasteiger partial charge on any atom is 0.137 e. The Morgan fingerprint density at radius 1 is 0.900 bits per heavy atom. The first-order valence-electron chi connectivity index (χ1n) is 6.46. The fourth-order valence-corrected chi connectivity index (χ4v) is 2.11. The van der Waals surface area contributed by atoms with Gasteiger partial charge in [-0.2, -0.15) is 0 Å². The van der Waals surface area contributed by atoms with Crippen molar-refractivity contribution >= 4 is 0 Å². The second-order valence-corrected chi connectivity index (χ2v) is 4.66. The van der Waals surface area contributed by atoms with E-state index < -0.39 is 0 Å². The Morgan fingerprint density at radius 2 is 1.65 bits per heavy atom. The van der Waals surface area contributed by atoms with Gasteiger partial charge in [-0.1, -0.05) is 42.5 Å². The first kappa shape index (κ1) is 12.5. The Labute approximate surface area is 116 Å². The van der Waals surface area contributed by atoms with Crippen LogP contribution >= 0.6 is 0 Å². The molecule has 0 aliphatic rings. The second kappa shape index (κ2) is 5.65. The van der Waals surface area contributed by atoms with Crippen LogP contribution in [0.15, 0.2) is 60.9 Å². The highest BCUT2D eigenvalue weighted by atomic mass is 19.1. The van der Waals surface area contributed by atoms with Crippen LogP contribution in [0.5, 0.6) is 0 Å². The number of hydrogen-bond acceptors (Lipinski definition) is 2. The summed E-state index contributed by atoms with van der Waals surface area (Å²) in [5.41, 5.74) is 2.22. The van der Waals surface area contributed by atoms with Crippen molar-refractivity contribution in [1.29, 1.82) is 0 Å². The average molecular weight is 267 g/mol. The molecule has 0 unspecified atom stereocenters. The third-order valence-corrected chi connectivity index (χ3v) is 3.17. The van der Waals surface area contributed by atoms with E-state index in [2.05, 4.69) is 22.3 Å². The molecule has 0 radical (unpaired) electrons. The highest BCUT2D eigenvalue weighted by Gasteiger charge is 2.06. The van der Waals surface area contributed by atoms with E-state index in [1.54, 1.807) is 18.5 Å². The summed E-state index contributed by atoms with van der Waals surface area (Å²) >= 11 is 0. The Balaban J connectivity index is 1.78. The maximum absolute atomic E-state index is 12.9. The second-order valence-electron chi connectivity index (χ2n) is 4.66. The van der Waals surface area contributed by atoms with Crippen molar-refractivity contribution in [2.24, 2.45) is 0 Å². The number of benzene rings is 2. The normalized spacial score (nSPS) is 10.7. The lowest BCUT2D eigenvalue weighted by Gasteiger charge is -2.07. The van der Waals surface area contributed by atoms with Gasteiger partial charge < -0.3 is 4.57 Å². The Morgan fingerprint density at radius 3 is 2.40 bits per heavy atom. The Bertz CT molecular complexity index is 674. The maximum atomic E-state index is 12.9. The molecule has 3 aromatic rings. The topological polar surface area (TPSA) is 30.7 Å². The molecule has 0 aliphatic carbocycles. The van der Waals surface area contributed by atoms with Crippen LogP contribution in [0.3, 0.4) is 0 Å². The lowest BCUT2D eigenvalue weighted by atomic mass is 10.1. The molecule has 0 amide bonds. The summed E-state index contributed by atoms with van der Waals surface area (Å²) in [6.07, 6.45) is 2.45. The molecule has 0 N–H and O–H groups in total. The van der Waals surface area contributed by atoms with Crippen molar-refractivity contribution in [3.63, 3.8) is 0 Å². The molecule has 4 heteroatoms. The van der Waals surface area contributed by atoms with Gasteiger partial charge in [-0.05, 0) is 23.3 Å². The lowest BCUT2D eigenvalue weighted by Crippen LogP contribution is -2.05. The van der Waals surface area contributed by atoms with Gasteiger partial charge in [0.1, 0.15) is 18.0 Å². The van der Waals surface area contributed by atoms with Crippen LogP contribution < -0.4 is 0 Å². The van der Waals surface area contributed by atoms with Gasteiger partial charge in [-0.15, -0.1) is 10.2 Å². The summed E-state index contributed by atoms with van der Waals surface area (Å²) in [6, 6.07) is 16.6. The van der Waals surface area contributed by atoms with Crippen LogP contribution in [0.25, 0.3) is 0 Å². The molecule has 2 aromatic carbocycles. The highest BCUT2D eigenvalue weighted by Crippen LogP contribution is 2.10. The van der Waals surface area contributed by atoms with Gasteiger partial charge >= 0.3 is 0 Å². The molecular formula is C16H14FN3. The predicted octanol–water partition coefficient (Wildman–Crippen LogP) is 3.06. The molecular weight excluding hydrogens is 253 g/mol. The van der Waals surface area contributed by atoms with Gasteiger partial charge in [-0.25, -0.2) is 4.39 Å². The quantitative estimate of drug-likeness (QED) is 0.727. The number of aromatic nitrogens is 3. The highest BCUT2D eigenvalue weighted by molar-refractivity contribution is 5.20. The van der Waals surface area contributed by atoms with Crippen molar-refractivity contribution < 1.29 is 4.39 Å². The van der Waals surface area contributed by atoms with Gasteiger partial charge in [-0.3, -0.25) is 0 Å². The largest absolute Gasteiger partial charge is 0.313 e. The van der Waals surface area contributed by atoms with E-state index in [4.69, 9.17) is 0 Å². The monoisotopic (exact) mass is 267 g/mol. The molecule has 3 nitrogen and oxygen atoms in total. The van der Waals surface area contributed by atoms with Crippen molar-refractivity contribution in [1.82, 2.24) is 14.8 Å². The van der Waals surface area contributed by atoms with Gasteiger partial charge in [0.2, 0.25) is 0 Å². The predicted molar refractivity (Wildman–Crippen MR) is 74.8 cm³/mol. The third kappa shape index (κ3) is 2.91. The summed E-state index contributed by atoms with van der Waals surface area (Å²) in [5.74, 6) is 0.683. The molecule has 1 heterocycles. The number of hydrogen-bond donors (Lipinski definition) is 0. The van der Waals surface area contributed by atoms with Crippen LogP contribution in [-0.2, 0) is 13.0 Å². The van der Waals surface area contributed by atoms with E-state index in [0.717, 1.165) is 17.8 Å². The summed E-state index contributed by atoms with van der Waals surface area (Å²) < 4.78 is 14.9. The minimum Gasteiger partial charge on any atom is -0.313 e.